The van der Waals surface area contributed by atoms with Crippen LogP contribution in [0.4, 0.5) is 5.82 Å². The molecule has 1 atom stereocenters. The van der Waals surface area contributed by atoms with E-state index in [1.807, 2.05) is 42.7 Å². The number of nitrogens with zero attached hydrogens (tertiary/aromatic N) is 2. The smallest absolute Gasteiger partial charge is 0.279 e. The van der Waals surface area contributed by atoms with Crippen molar-refractivity contribution in [1.82, 2.24) is 9.55 Å². The van der Waals surface area contributed by atoms with E-state index in [0.717, 1.165) is 11.1 Å². The van der Waals surface area contributed by atoms with Crippen LogP contribution >= 0.6 is 23.4 Å². The number of hydrogen-bond acceptors (Lipinski definition) is 6. The number of amides is 1. The molecule has 0 bridgehead atoms. The third-order valence-corrected chi connectivity index (χ3v) is 6.36. The predicted molar refractivity (Wildman–Crippen MR) is 125 cm³/mol. The van der Waals surface area contributed by atoms with Crippen molar-refractivity contribution < 1.29 is 14.3 Å². The van der Waals surface area contributed by atoms with Crippen LogP contribution in [0, 0.1) is 0 Å². The lowest BCUT2D eigenvalue weighted by Gasteiger charge is -2.27. The first-order chi connectivity index (χ1) is 15.4. The fourth-order valence-electron chi connectivity index (χ4n) is 3.76. The SMILES string of the molecule is COc1cc(C2CC(=O)Nc3c2c(=O)nc(SC)n3C)ccc1OCc1ccc(Cl)cc1. The average molecular weight is 472 g/mol. The number of hydrogen-bond donors (Lipinski definition) is 1. The minimum atomic E-state index is -0.430. The van der Waals surface area contributed by atoms with Gasteiger partial charge in [-0.15, -0.1) is 0 Å². The lowest BCUT2D eigenvalue weighted by Crippen LogP contribution is -2.33. The van der Waals surface area contributed by atoms with Crippen molar-refractivity contribution in [3.05, 3.63) is 74.5 Å². The zero-order valence-electron chi connectivity index (χ0n) is 17.8. The van der Waals surface area contributed by atoms with E-state index in [0.29, 0.717) is 39.7 Å². The molecule has 0 aliphatic carbocycles. The molecule has 1 aliphatic heterocycles. The van der Waals surface area contributed by atoms with Crippen molar-refractivity contribution in [2.45, 2.75) is 24.1 Å². The standard InChI is InChI=1S/C23H22ClN3O4S/c1-27-21-20(22(29)26-23(27)32-3)16(11-19(28)25-21)14-6-9-17(18(10-14)30-2)31-12-13-4-7-15(24)8-5-13/h4-10,16H,11-12H2,1-3H3,(H,25,28). The van der Waals surface area contributed by atoms with Crippen LogP contribution < -0.4 is 20.3 Å². The number of aromatic nitrogens is 2. The van der Waals surface area contributed by atoms with Crippen LogP contribution in [0.1, 0.15) is 29.0 Å². The van der Waals surface area contributed by atoms with E-state index in [2.05, 4.69) is 10.3 Å². The zero-order chi connectivity index (χ0) is 22.8. The molecular weight excluding hydrogens is 450 g/mol. The number of anilines is 1. The van der Waals surface area contributed by atoms with E-state index in [-0.39, 0.29) is 17.9 Å². The average Bonchev–Trinajstić information content (AvgIpc) is 2.80. The Labute approximate surface area is 194 Å². The van der Waals surface area contributed by atoms with Gasteiger partial charge in [0.1, 0.15) is 12.4 Å². The summed E-state index contributed by atoms with van der Waals surface area (Å²) >= 11 is 7.28. The molecule has 0 saturated carbocycles. The second-order valence-corrected chi connectivity index (χ2v) is 8.57. The second-order valence-electron chi connectivity index (χ2n) is 7.36. The molecule has 0 spiro atoms. The molecule has 0 radical (unpaired) electrons. The first-order valence-corrected chi connectivity index (χ1v) is 11.5. The summed E-state index contributed by atoms with van der Waals surface area (Å²) in [6.45, 7) is 0.351. The summed E-state index contributed by atoms with van der Waals surface area (Å²) in [5.41, 5.74) is 1.89. The highest BCUT2D eigenvalue weighted by atomic mass is 35.5. The van der Waals surface area contributed by atoms with Crippen molar-refractivity contribution in [3.63, 3.8) is 0 Å². The summed E-state index contributed by atoms with van der Waals surface area (Å²) < 4.78 is 13.2. The summed E-state index contributed by atoms with van der Waals surface area (Å²) in [5, 5.41) is 4.04. The van der Waals surface area contributed by atoms with Crippen LogP contribution in [0.5, 0.6) is 11.5 Å². The molecule has 0 fully saturated rings. The maximum absolute atomic E-state index is 12.8. The molecule has 4 rings (SSSR count). The van der Waals surface area contributed by atoms with Gasteiger partial charge in [-0.25, -0.2) is 0 Å². The van der Waals surface area contributed by atoms with Crippen molar-refractivity contribution >= 4 is 35.1 Å². The Balaban J connectivity index is 1.67. The molecule has 1 N–H and O–H groups in total. The van der Waals surface area contributed by atoms with Crippen LogP contribution in [0.2, 0.25) is 5.02 Å². The molecule has 1 amide bonds. The maximum Gasteiger partial charge on any atom is 0.279 e. The van der Waals surface area contributed by atoms with Gasteiger partial charge in [-0.05, 0) is 41.6 Å². The lowest BCUT2D eigenvalue weighted by molar-refractivity contribution is -0.116. The Morgan fingerprint density at radius 3 is 2.62 bits per heavy atom. The molecule has 3 aromatic rings. The van der Waals surface area contributed by atoms with Crippen molar-refractivity contribution in [1.29, 1.82) is 0 Å². The van der Waals surface area contributed by atoms with E-state index in [4.69, 9.17) is 21.1 Å². The number of nitrogens with one attached hydrogen (secondary N) is 1. The fourth-order valence-corrected chi connectivity index (χ4v) is 4.43. The van der Waals surface area contributed by atoms with Crippen LogP contribution in [0.15, 0.2) is 52.4 Å². The highest BCUT2D eigenvalue weighted by molar-refractivity contribution is 7.98. The third-order valence-electron chi connectivity index (χ3n) is 5.38. The number of halogens is 1. The molecular formula is C23H22ClN3O4S. The Morgan fingerprint density at radius 2 is 1.94 bits per heavy atom. The normalized spacial score (nSPS) is 15.1. The second kappa shape index (κ2) is 9.26. The lowest BCUT2D eigenvalue weighted by atomic mass is 9.86. The van der Waals surface area contributed by atoms with Gasteiger partial charge in [0.05, 0.1) is 12.7 Å². The quantitative estimate of drug-likeness (QED) is 0.428. The molecule has 0 saturated heterocycles. The topological polar surface area (TPSA) is 82.5 Å². The summed E-state index contributed by atoms with van der Waals surface area (Å²) in [6.07, 6.45) is 1.99. The van der Waals surface area contributed by atoms with Crippen molar-refractivity contribution in [2.24, 2.45) is 7.05 Å². The third kappa shape index (κ3) is 4.33. The molecule has 9 heteroatoms. The van der Waals surface area contributed by atoms with Gasteiger partial charge in [0.15, 0.2) is 16.7 Å². The van der Waals surface area contributed by atoms with Crippen LogP contribution in [0.25, 0.3) is 0 Å². The Bertz CT molecular complexity index is 1230. The first kappa shape index (κ1) is 22.2. The van der Waals surface area contributed by atoms with Crippen molar-refractivity contribution in [2.75, 3.05) is 18.7 Å². The summed E-state index contributed by atoms with van der Waals surface area (Å²) in [6, 6.07) is 12.9. The molecule has 1 unspecified atom stereocenters. The minimum Gasteiger partial charge on any atom is -0.493 e. The highest BCUT2D eigenvalue weighted by Crippen LogP contribution is 2.39. The molecule has 2 heterocycles. The Kier molecular flexibility index (Phi) is 6.43. The number of thioether (sulfide) groups is 1. The van der Waals surface area contributed by atoms with E-state index in [1.54, 1.807) is 24.8 Å². The van der Waals surface area contributed by atoms with Gasteiger partial charge in [0.2, 0.25) is 5.91 Å². The fraction of sp³-hybridized carbons (Fsp3) is 0.261. The summed E-state index contributed by atoms with van der Waals surface area (Å²) in [4.78, 5) is 29.5. The number of fused-ring (bicyclic) bond motifs is 1. The van der Waals surface area contributed by atoms with Crippen LogP contribution in [0.3, 0.4) is 0 Å². The van der Waals surface area contributed by atoms with Gasteiger partial charge in [-0.3, -0.25) is 9.59 Å². The van der Waals surface area contributed by atoms with Crippen LogP contribution in [-0.4, -0.2) is 28.8 Å². The number of rotatable bonds is 6. The molecule has 166 valence electrons. The molecule has 2 aromatic carbocycles. The Hall–Kier alpha value is -2.97. The molecule has 7 nitrogen and oxygen atoms in total. The number of carbonyl (C=O) groups excluding carboxylic acids is 1. The molecule has 32 heavy (non-hydrogen) atoms. The largest absolute Gasteiger partial charge is 0.493 e. The first-order valence-electron chi connectivity index (χ1n) is 9.91. The molecule has 1 aromatic heterocycles. The Morgan fingerprint density at radius 1 is 1.19 bits per heavy atom. The van der Waals surface area contributed by atoms with Gasteiger partial charge in [-0.2, -0.15) is 4.98 Å². The molecule has 1 aliphatic rings. The minimum absolute atomic E-state index is 0.149. The van der Waals surface area contributed by atoms with E-state index in [9.17, 15) is 9.59 Å². The van der Waals surface area contributed by atoms with Gasteiger partial charge >= 0.3 is 0 Å². The van der Waals surface area contributed by atoms with E-state index < -0.39 is 5.92 Å². The van der Waals surface area contributed by atoms with Gasteiger partial charge < -0.3 is 19.4 Å². The van der Waals surface area contributed by atoms with Gasteiger partial charge in [0, 0.05) is 24.4 Å². The highest BCUT2D eigenvalue weighted by Gasteiger charge is 2.32. The monoisotopic (exact) mass is 471 g/mol. The zero-order valence-corrected chi connectivity index (χ0v) is 19.4. The van der Waals surface area contributed by atoms with Crippen LogP contribution in [-0.2, 0) is 18.4 Å². The number of ether oxygens (including phenoxy) is 2. The van der Waals surface area contributed by atoms with E-state index >= 15 is 0 Å². The number of methoxy groups -OCH3 is 1. The summed E-state index contributed by atoms with van der Waals surface area (Å²) in [5.74, 6) is 0.987. The van der Waals surface area contributed by atoms with E-state index in [1.165, 1.54) is 11.8 Å². The maximum atomic E-state index is 12.8. The predicted octanol–water partition coefficient (Wildman–Crippen LogP) is 4.22. The number of benzene rings is 2. The van der Waals surface area contributed by atoms with Crippen molar-refractivity contribution in [3.8, 4) is 11.5 Å². The van der Waals surface area contributed by atoms with Gasteiger partial charge in [0.25, 0.3) is 5.56 Å². The summed E-state index contributed by atoms with van der Waals surface area (Å²) in [7, 11) is 3.34. The van der Waals surface area contributed by atoms with Gasteiger partial charge in [-0.1, -0.05) is 41.6 Å². The number of carbonyl (C=O) groups is 1.